The average molecular weight is 325 g/mol. The van der Waals surface area contributed by atoms with Gasteiger partial charge < -0.3 is 10.2 Å². The average Bonchev–Trinajstić information content (AvgIpc) is 2.94. The van der Waals surface area contributed by atoms with E-state index in [4.69, 9.17) is 0 Å². The van der Waals surface area contributed by atoms with Crippen LogP contribution in [0.1, 0.15) is 51.1 Å². The minimum absolute atomic E-state index is 0.575. The van der Waals surface area contributed by atoms with Gasteiger partial charge >= 0.3 is 0 Å². The van der Waals surface area contributed by atoms with Gasteiger partial charge in [0, 0.05) is 17.8 Å². The molecule has 3 atom stereocenters. The van der Waals surface area contributed by atoms with Crippen molar-refractivity contribution in [2.75, 3.05) is 26.2 Å². The van der Waals surface area contributed by atoms with Gasteiger partial charge in [0.05, 0.1) is 4.21 Å². The predicted octanol–water partition coefficient (Wildman–Crippen LogP) is 4.39. The molecule has 1 aromatic rings. The Balaban J connectivity index is 1.48. The maximum atomic E-state index is 3.85. The minimum atomic E-state index is 0.575. The lowest BCUT2D eigenvalue weighted by Gasteiger charge is -2.31. The second-order valence-electron chi connectivity index (χ2n) is 6.75. The molecule has 0 amide bonds. The molecule has 21 heavy (non-hydrogen) atoms. The first kappa shape index (κ1) is 15.9. The first-order valence-corrected chi connectivity index (χ1v) is 10.2. The Bertz CT molecular complexity index is 440. The number of nitrogens with zero attached hydrogens (tertiary/aromatic N) is 1. The standard InChI is InChI=1S/C17H28N2S2/c1-13(12-19-7-4-3-5-8-19)11-18-16-10-14(2)21-17-15(16)6-9-20-17/h6,9,13-14,16,18H,3-5,7-8,10-12H2,1-2H3/t13?,14-,16?/m0/s1. The number of fused-ring (bicyclic) bond motifs is 1. The van der Waals surface area contributed by atoms with E-state index in [0.717, 1.165) is 17.7 Å². The number of piperidine rings is 1. The zero-order valence-corrected chi connectivity index (χ0v) is 14.9. The summed E-state index contributed by atoms with van der Waals surface area (Å²) in [5.41, 5.74) is 1.55. The van der Waals surface area contributed by atoms with Crippen molar-refractivity contribution in [2.45, 2.75) is 55.0 Å². The van der Waals surface area contributed by atoms with Gasteiger partial charge in [0.1, 0.15) is 0 Å². The third kappa shape index (κ3) is 4.25. The van der Waals surface area contributed by atoms with Gasteiger partial charge in [0.25, 0.3) is 0 Å². The summed E-state index contributed by atoms with van der Waals surface area (Å²) in [5.74, 6) is 0.745. The molecule has 4 heteroatoms. The molecular weight excluding hydrogens is 296 g/mol. The van der Waals surface area contributed by atoms with E-state index in [1.165, 1.54) is 49.5 Å². The van der Waals surface area contributed by atoms with Crippen molar-refractivity contribution in [1.82, 2.24) is 10.2 Å². The molecule has 3 rings (SSSR count). The third-order valence-electron chi connectivity index (χ3n) is 4.64. The maximum absolute atomic E-state index is 3.85. The van der Waals surface area contributed by atoms with Gasteiger partial charge in [-0.1, -0.05) is 20.3 Å². The highest BCUT2D eigenvalue weighted by Crippen LogP contribution is 2.43. The molecule has 2 aliphatic rings. The van der Waals surface area contributed by atoms with E-state index in [2.05, 4.69) is 47.3 Å². The van der Waals surface area contributed by atoms with Gasteiger partial charge in [-0.3, -0.25) is 0 Å². The monoisotopic (exact) mass is 324 g/mol. The number of likely N-dealkylation sites (tertiary alicyclic amines) is 1. The van der Waals surface area contributed by atoms with Gasteiger partial charge in [0.15, 0.2) is 0 Å². The summed E-state index contributed by atoms with van der Waals surface area (Å²) < 4.78 is 1.54. The third-order valence-corrected chi connectivity index (χ3v) is 6.98. The summed E-state index contributed by atoms with van der Waals surface area (Å²) in [6.45, 7) is 9.80. The van der Waals surface area contributed by atoms with E-state index in [1.807, 2.05) is 11.3 Å². The van der Waals surface area contributed by atoms with Crippen LogP contribution in [0.2, 0.25) is 0 Å². The zero-order chi connectivity index (χ0) is 14.7. The molecule has 1 saturated heterocycles. The minimum Gasteiger partial charge on any atom is -0.310 e. The Morgan fingerprint density at radius 2 is 2.14 bits per heavy atom. The van der Waals surface area contributed by atoms with E-state index >= 15 is 0 Å². The van der Waals surface area contributed by atoms with Crippen LogP contribution in [0.4, 0.5) is 0 Å². The summed E-state index contributed by atoms with van der Waals surface area (Å²) in [6, 6.07) is 2.90. The van der Waals surface area contributed by atoms with Crippen LogP contribution in [0.15, 0.2) is 15.7 Å². The highest BCUT2D eigenvalue weighted by Gasteiger charge is 2.26. The van der Waals surface area contributed by atoms with Crippen molar-refractivity contribution in [1.29, 1.82) is 0 Å². The van der Waals surface area contributed by atoms with E-state index in [-0.39, 0.29) is 0 Å². The van der Waals surface area contributed by atoms with Crippen LogP contribution in [0.25, 0.3) is 0 Å². The molecule has 0 saturated carbocycles. The maximum Gasteiger partial charge on any atom is 0.0649 e. The SMILES string of the molecule is CC(CNC1C[C@H](C)Sc2sccc21)CN1CCCCC1. The van der Waals surface area contributed by atoms with Crippen molar-refractivity contribution < 1.29 is 0 Å². The largest absolute Gasteiger partial charge is 0.310 e. The summed E-state index contributed by atoms with van der Waals surface area (Å²) in [6.07, 6.45) is 5.50. The highest BCUT2D eigenvalue weighted by atomic mass is 32.2. The lowest BCUT2D eigenvalue weighted by Crippen LogP contribution is -2.38. The molecule has 1 aromatic heterocycles. The topological polar surface area (TPSA) is 15.3 Å². The molecule has 0 radical (unpaired) electrons. The Kier molecular flexibility index (Phi) is 5.66. The lowest BCUT2D eigenvalue weighted by atomic mass is 10.0. The molecule has 0 spiro atoms. The van der Waals surface area contributed by atoms with Crippen LogP contribution in [0.3, 0.4) is 0 Å². The molecule has 0 aliphatic carbocycles. The van der Waals surface area contributed by atoms with E-state index in [1.54, 1.807) is 5.56 Å². The van der Waals surface area contributed by atoms with Crippen molar-refractivity contribution in [2.24, 2.45) is 5.92 Å². The summed E-state index contributed by atoms with van der Waals surface area (Å²) in [7, 11) is 0. The number of thioether (sulfide) groups is 1. The van der Waals surface area contributed by atoms with Gasteiger partial charge in [0.2, 0.25) is 0 Å². The van der Waals surface area contributed by atoms with E-state index in [0.29, 0.717) is 6.04 Å². The van der Waals surface area contributed by atoms with Crippen LogP contribution >= 0.6 is 23.1 Å². The molecule has 2 aliphatic heterocycles. The van der Waals surface area contributed by atoms with Crippen molar-refractivity contribution >= 4 is 23.1 Å². The number of rotatable bonds is 5. The van der Waals surface area contributed by atoms with Crippen molar-refractivity contribution in [3.05, 3.63) is 17.0 Å². The Morgan fingerprint density at radius 1 is 1.33 bits per heavy atom. The summed E-state index contributed by atoms with van der Waals surface area (Å²) >= 11 is 3.97. The summed E-state index contributed by atoms with van der Waals surface area (Å²) in [5, 5.41) is 6.84. The Hall–Kier alpha value is -0.0300. The van der Waals surface area contributed by atoms with Crippen molar-refractivity contribution in [3.8, 4) is 0 Å². The van der Waals surface area contributed by atoms with Crippen LogP contribution < -0.4 is 5.32 Å². The van der Waals surface area contributed by atoms with Crippen LogP contribution in [-0.4, -0.2) is 36.3 Å². The van der Waals surface area contributed by atoms with Crippen LogP contribution in [-0.2, 0) is 0 Å². The molecule has 1 fully saturated rings. The molecule has 2 unspecified atom stereocenters. The van der Waals surface area contributed by atoms with Crippen LogP contribution in [0, 0.1) is 5.92 Å². The van der Waals surface area contributed by atoms with E-state index in [9.17, 15) is 0 Å². The van der Waals surface area contributed by atoms with Crippen LogP contribution in [0.5, 0.6) is 0 Å². The first-order chi connectivity index (χ1) is 10.2. The number of nitrogens with one attached hydrogen (secondary N) is 1. The van der Waals surface area contributed by atoms with E-state index < -0.39 is 0 Å². The molecule has 0 aromatic carbocycles. The molecule has 118 valence electrons. The quantitative estimate of drug-likeness (QED) is 0.865. The second-order valence-corrected chi connectivity index (χ2v) is 9.38. The molecular formula is C17H28N2S2. The molecule has 3 heterocycles. The molecule has 2 nitrogen and oxygen atoms in total. The Morgan fingerprint density at radius 3 is 2.95 bits per heavy atom. The normalized spacial score (nSPS) is 28.3. The zero-order valence-electron chi connectivity index (χ0n) is 13.3. The van der Waals surface area contributed by atoms with Gasteiger partial charge in [-0.15, -0.1) is 23.1 Å². The number of hydrogen-bond donors (Lipinski definition) is 1. The van der Waals surface area contributed by atoms with Gasteiger partial charge in [-0.05, 0) is 61.8 Å². The highest BCUT2D eigenvalue weighted by molar-refractivity contribution is 8.01. The fraction of sp³-hybridized carbons (Fsp3) is 0.765. The Labute approximate surface area is 137 Å². The summed E-state index contributed by atoms with van der Waals surface area (Å²) in [4.78, 5) is 2.66. The van der Waals surface area contributed by atoms with Crippen molar-refractivity contribution in [3.63, 3.8) is 0 Å². The fourth-order valence-corrected chi connectivity index (χ4v) is 6.10. The number of thiophene rings is 1. The predicted molar refractivity (Wildman–Crippen MR) is 94.5 cm³/mol. The fourth-order valence-electron chi connectivity index (χ4n) is 3.53. The molecule has 0 bridgehead atoms. The van der Waals surface area contributed by atoms with Gasteiger partial charge in [-0.2, -0.15) is 0 Å². The van der Waals surface area contributed by atoms with Gasteiger partial charge in [-0.25, -0.2) is 0 Å². The second kappa shape index (κ2) is 7.49. The molecule has 1 N–H and O–H groups in total. The smallest absolute Gasteiger partial charge is 0.0649 e. The number of hydrogen-bond acceptors (Lipinski definition) is 4. The lowest BCUT2D eigenvalue weighted by molar-refractivity contribution is 0.197. The first-order valence-electron chi connectivity index (χ1n) is 8.42.